The van der Waals surface area contributed by atoms with Crippen LogP contribution in [-0.2, 0) is 13.0 Å². The van der Waals surface area contributed by atoms with E-state index in [2.05, 4.69) is 41.1 Å². The van der Waals surface area contributed by atoms with Crippen LogP contribution < -0.4 is 0 Å². The molecule has 0 unspecified atom stereocenters. The highest BCUT2D eigenvalue weighted by atomic mass is 15.2. The van der Waals surface area contributed by atoms with E-state index in [1.165, 1.54) is 17.1 Å². The number of fused-ring (bicyclic) bond motifs is 3. The minimum Gasteiger partial charge on any atom is -0.297 e. The number of hydrogen-bond donors (Lipinski definition) is 0. The summed E-state index contributed by atoms with van der Waals surface area (Å²) < 4.78 is 2.23. The van der Waals surface area contributed by atoms with Crippen LogP contribution in [0.25, 0.3) is 5.78 Å². The number of imidazole rings is 1. The Bertz CT molecular complexity index is 612. The molecule has 1 aliphatic rings. The molecule has 0 saturated heterocycles. The van der Waals surface area contributed by atoms with Crippen molar-refractivity contribution < 1.29 is 0 Å². The van der Waals surface area contributed by atoms with Crippen LogP contribution in [0.2, 0.25) is 0 Å². The maximum Gasteiger partial charge on any atom is 0.234 e. The Morgan fingerprint density at radius 3 is 2.79 bits per heavy atom. The molecule has 2 aromatic heterocycles. The van der Waals surface area contributed by atoms with E-state index in [-0.39, 0.29) is 0 Å². The standard InChI is InChI=1S/C15H22N4/c1-10(2)8-18-6-5-13-14(9-18)19-12(4)7-11(3)16-15(19)17-13/h7,10H,5-6,8-9H2,1-4H3. The van der Waals surface area contributed by atoms with Crippen molar-refractivity contribution in [1.82, 2.24) is 19.3 Å². The lowest BCUT2D eigenvalue weighted by atomic mass is 10.1. The van der Waals surface area contributed by atoms with Crippen LogP contribution in [0.4, 0.5) is 0 Å². The summed E-state index contributed by atoms with van der Waals surface area (Å²) in [6.45, 7) is 12.0. The van der Waals surface area contributed by atoms with E-state index in [9.17, 15) is 0 Å². The Morgan fingerprint density at radius 2 is 2.05 bits per heavy atom. The van der Waals surface area contributed by atoms with Crippen LogP contribution in [0.5, 0.6) is 0 Å². The normalized spacial score (nSPS) is 16.3. The van der Waals surface area contributed by atoms with E-state index in [0.717, 1.165) is 37.5 Å². The van der Waals surface area contributed by atoms with Crippen molar-refractivity contribution in [3.05, 3.63) is 28.8 Å². The molecule has 19 heavy (non-hydrogen) atoms. The van der Waals surface area contributed by atoms with Gasteiger partial charge in [0.05, 0.1) is 11.4 Å². The molecule has 0 spiro atoms. The van der Waals surface area contributed by atoms with Crippen LogP contribution in [0.1, 0.15) is 36.6 Å². The highest BCUT2D eigenvalue weighted by Gasteiger charge is 2.23. The summed E-state index contributed by atoms with van der Waals surface area (Å²) in [6, 6.07) is 2.14. The summed E-state index contributed by atoms with van der Waals surface area (Å²) in [5, 5.41) is 0. The van der Waals surface area contributed by atoms with E-state index in [0.29, 0.717) is 5.92 Å². The van der Waals surface area contributed by atoms with Gasteiger partial charge < -0.3 is 0 Å². The highest BCUT2D eigenvalue weighted by molar-refractivity contribution is 5.40. The molecule has 0 N–H and O–H groups in total. The van der Waals surface area contributed by atoms with E-state index >= 15 is 0 Å². The van der Waals surface area contributed by atoms with Crippen molar-refractivity contribution in [2.75, 3.05) is 13.1 Å². The Kier molecular flexibility index (Phi) is 3.05. The fraction of sp³-hybridized carbons (Fsp3) is 0.600. The predicted molar refractivity (Wildman–Crippen MR) is 76.3 cm³/mol. The van der Waals surface area contributed by atoms with E-state index < -0.39 is 0 Å². The molecule has 0 fully saturated rings. The Morgan fingerprint density at radius 1 is 1.26 bits per heavy atom. The third kappa shape index (κ3) is 2.25. The van der Waals surface area contributed by atoms with Crippen LogP contribution in [-0.4, -0.2) is 32.4 Å². The third-order valence-corrected chi connectivity index (χ3v) is 3.75. The van der Waals surface area contributed by atoms with Gasteiger partial charge in [0.1, 0.15) is 0 Å². The van der Waals surface area contributed by atoms with Crippen LogP contribution >= 0.6 is 0 Å². The summed E-state index contributed by atoms with van der Waals surface area (Å²) in [4.78, 5) is 11.8. The lowest BCUT2D eigenvalue weighted by molar-refractivity contribution is 0.222. The number of rotatable bonds is 2. The molecule has 3 heterocycles. The highest BCUT2D eigenvalue weighted by Crippen LogP contribution is 2.22. The summed E-state index contributed by atoms with van der Waals surface area (Å²) in [5.74, 6) is 1.58. The lowest BCUT2D eigenvalue weighted by Gasteiger charge is -2.28. The first kappa shape index (κ1) is 12.6. The molecular formula is C15H22N4. The first-order valence-corrected chi connectivity index (χ1v) is 7.11. The minimum atomic E-state index is 0.710. The molecule has 0 aromatic carbocycles. The van der Waals surface area contributed by atoms with Gasteiger partial charge in [-0.2, -0.15) is 0 Å². The van der Waals surface area contributed by atoms with E-state index in [1.807, 2.05) is 6.92 Å². The maximum atomic E-state index is 4.71. The smallest absolute Gasteiger partial charge is 0.234 e. The molecule has 0 saturated carbocycles. The Labute approximate surface area is 114 Å². The van der Waals surface area contributed by atoms with Gasteiger partial charge in [-0.3, -0.25) is 9.30 Å². The molecule has 102 valence electrons. The second-order valence-electron chi connectivity index (χ2n) is 6.06. The SMILES string of the molecule is Cc1cc(C)n2c3c(nc2n1)CCN(CC(C)C)C3. The van der Waals surface area contributed by atoms with Crippen molar-refractivity contribution in [3.63, 3.8) is 0 Å². The van der Waals surface area contributed by atoms with Crippen molar-refractivity contribution in [2.45, 2.75) is 40.7 Å². The third-order valence-electron chi connectivity index (χ3n) is 3.75. The largest absolute Gasteiger partial charge is 0.297 e. The topological polar surface area (TPSA) is 33.4 Å². The van der Waals surface area contributed by atoms with Gasteiger partial charge in [-0.05, 0) is 25.8 Å². The van der Waals surface area contributed by atoms with Crippen molar-refractivity contribution >= 4 is 5.78 Å². The predicted octanol–water partition coefficient (Wildman–Crippen LogP) is 2.36. The van der Waals surface area contributed by atoms with Gasteiger partial charge in [-0.25, -0.2) is 9.97 Å². The summed E-state index contributed by atoms with van der Waals surface area (Å²) in [7, 11) is 0. The zero-order valence-corrected chi connectivity index (χ0v) is 12.3. The zero-order chi connectivity index (χ0) is 13.6. The van der Waals surface area contributed by atoms with Gasteiger partial charge in [0.25, 0.3) is 0 Å². The van der Waals surface area contributed by atoms with Crippen molar-refractivity contribution in [3.8, 4) is 0 Å². The molecule has 4 heteroatoms. The molecule has 0 atom stereocenters. The maximum absolute atomic E-state index is 4.71. The van der Waals surface area contributed by atoms with Crippen LogP contribution in [0, 0.1) is 19.8 Å². The van der Waals surface area contributed by atoms with Gasteiger partial charge in [0, 0.05) is 37.4 Å². The van der Waals surface area contributed by atoms with Crippen molar-refractivity contribution in [1.29, 1.82) is 0 Å². The lowest BCUT2D eigenvalue weighted by Crippen LogP contribution is -2.34. The molecule has 4 nitrogen and oxygen atoms in total. The first-order valence-electron chi connectivity index (χ1n) is 7.11. The van der Waals surface area contributed by atoms with Gasteiger partial charge in [0.15, 0.2) is 0 Å². The fourth-order valence-electron chi connectivity index (χ4n) is 3.08. The number of hydrogen-bond acceptors (Lipinski definition) is 3. The zero-order valence-electron chi connectivity index (χ0n) is 12.3. The molecule has 0 aliphatic carbocycles. The average molecular weight is 258 g/mol. The molecular weight excluding hydrogens is 236 g/mol. The molecule has 0 amide bonds. The second kappa shape index (κ2) is 4.60. The van der Waals surface area contributed by atoms with Gasteiger partial charge in [-0.15, -0.1) is 0 Å². The second-order valence-corrected chi connectivity index (χ2v) is 6.06. The quantitative estimate of drug-likeness (QED) is 0.829. The summed E-state index contributed by atoms with van der Waals surface area (Å²) >= 11 is 0. The summed E-state index contributed by atoms with van der Waals surface area (Å²) in [6.07, 6.45) is 1.05. The fourth-order valence-corrected chi connectivity index (χ4v) is 3.08. The van der Waals surface area contributed by atoms with Gasteiger partial charge in [-0.1, -0.05) is 13.8 Å². The molecule has 2 aromatic rings. The first-order chi connectivity index (χ1) is 9.04. The Balaban J connectivity index is 2.03. The molecule has 0 bridgehead atoms. The molecule has 0 radical (unpaired) electrons. The average Bonchev–Trinajstić information content (AvgIpc) is 2.65. The van der Waals surface area contributed by atoms with Crippen LogP contribution in [0.15, 0.2) is 6.07 Å². The van der Waals surface area contributed by atoms with Crippen LogP contribution in [0.3, 0.4) is 0 Å². The summed E-state index contributed by atoms with van der Waals surface area (Å²) in [5.41, 5.74) is 4.86. The van der Waals surface area contributed by atoms with Gasteiger partial charge in [0.2, 0.25) is 5.78 Å². The van der Waals surface area contributed by atoms with E-state index in [4.69, 9.17) is 4.98 Å². The number of aromatic nitrogens is 3. The van der Waals surface area contributed by atoms with Gasteiger partial charge >= 0.3 is 0 Å². The van der Waals surface area contributed by atoms with Crippen molar-refractivity contribution in [2.24, 2.45) is 5.92 Å². The monoisotopic (exact) mass is 258 g/mol. The van der Waals surface area contributed by atoms with E-state index in [1.54, 1.807) is 0 Å². The minimum absolute atomic E-state index is 0.710. The molecule has 3 rings (SSSR count). The molecule has 1 aliphatic heterocycles. The number of nitrogens with zero attached hydrogens (tertiary/aromatic N) is 4. The number of aryl methyl sites for hydroxylation is 2. The Hall–Kier alpha value is -1.42.